The van der Waals surface area contributed by atoms with Gasteiger partial charge in [0.25, 0.3) is 0 Å². The Labute approximate surface area is 69.5 Å². The predicted molar refractivity (Wildman–Crippen MR) is 43.8 cm³/mol. The summed E-state index contributed by atoms with van der Waals surface area (Å²) in [6.45, 7) is 0. The van der Waals surface area contributed by atoms with Crippen LogP contribution in [0, 0.1) is 11.3 Å². The quantitative estimate of drug-likeness (QED) is 0.254. The van der Waals surface area contributed by atoms with Crippen molar-refractivity contribution in [2.24, 2.45) is 15.9 Å². The Morgan fingerprint density at radius 2 is 2.58 bits per heavy atom. The van der Waals surface area contributed by atoms with E-state index in [1.807, 2.05) is 6.07 Å². The highest BCUT2D eigenvalue weighted by Gasteiger charge is 2.10. The van der Waals surface area contributed by atoms with Crippen LogP contribution in [0.2, 0.25) is 0 Å². The Morgan fingerprint density at radius 3 is 3.17 bits per heavy atom. The van der Waals surface area contributed by atoms with E-state index in [4.69, 9.17) is 16.2 Å². The molecule has 0 amide bonds. The number of nitrogens with two attached hydrogens (primary N) is 1. The zero-order chi connectivity index (χ0) is 8.97. The summed E-state index contributed by atoms with van der Waals surface area (Å²) in [6.07, 6.45) is 3.03. The SMILES string of the molecule is N#CC1=CCCC(/C(N)=N/O)=N1. The molecule has 62 valence electrons. The van der Waals surface area contributed by atoms with Gasteiger partial charge in [-0.1, -0.05) is 5.16 Å². The van der Waals surface area contributed by atoms with Gasteiger partial charge in [0.1, 0.15) is 11.8 Å². The van der Waals surface area contributed by atoms with Gasteiger partial charge in [0.05, 0.1) is 5.71 Å². The van der Waals surface area contributed by atoms with Crippen molar-refractivity contribution in [2.45, 2.75) is 12.8 Å². The van der Waals surface area contributed by atoms with E-state index in [2.05, 4.69) is 10.1 Å². The van der Waals surface area contributed by atoms with Crippen LogP contribution in [0.15, 0.2) is 21.9 Å². The third-order valence-electron chi connectivity index (χ3n) is 1.49. The van der Waals surface area contributed by atoms with Gasteiger partial charge in [-0.3, -0.25) is 0 Å². The van der Waals surface area contributed by atoms with Crippen LogP contribution in [0.4, 0.5) is 0 Å². The first kappa shape index (κ1) is 8.27. The van der Waals surface area contributed by atoms with Crippen LogP contribution in [0.1, 0.15) is 12.8 Å². The second-order valence-corrected chi connectivity index (χ2v) is 2.28. The molecule has 0 aromatic heterocycles. The molecule has 0 unspecified atom stereocenters. The van der Waals surface area contributed by atoms with Crippen molar-refractivity contribution in [1.82, 2.24) is 0 Å². The molecule has 12 heavy (non-hydrogen) atoms. The molecular formula is C7H8N4O. The molecule has 1 rings (SSSR count). The van der Waals surface area contributed by atoms with E-state index in [1.54, 1.807) is 6.08 Å². The summed E-state index contributed by atoms with van der Waals surface area (Å²) in [5, 5.41) is 19.6. The Morgan fingerprint density at radius 1 is 1.83 bits per heavy atom. The zero-order valence-electron chi connectivity index (χ0n) is 6.36. The van der Waals surface area contributed by atoms with E-state index >= 15 is 0 Å². The van der Waals surface area contributed by atoms with Crippen LogP contribution in [0.5, 0.6) is 0 Å². The lowest BCUT2D eigenvalue weighted by Crippen LogP contribution is -2.24. The van der Waals surface area contributed by atoms with E-state index in [1.165, 1.54) is 0 Å². The fourth-order valence-electron chi connectivity index (χ4n) is 0.906. The Hall–Kier alpha value is -1.83. The van der Waals surface area contributed by atoms with Crippen molar-refractivity contribution in [3.05, 3.63) is 11.8 Å². The number of nitrogens with zero attached hydrogens (tertiary/aromatic N) is 3. The summed E-state index contributed by atoms with van der Waals surface area (Å²) in [6, 6.07) is 1.89. The molecular weight excluding hydrogens is 156 g/mol. The number of amidine groups is 1. The lowest BCUT2D eigenvalue weighted by Gasteiger charge is -2.06. The topological polar surface area (TPSA) is 94.8 Å². The standard InChI is InChI=1S/C7H8N4O/c8-4-5-2-1-3-6(10-5)7(9)11-12/h2,12H,1,3H2,(H2,9,11). The summed E-state index contributed by atoms with van der Waals surface area (Å²) >= 11 is 0. The molecule has 0 bridgehead atoms. The highest BCUT2D eigenvalue weighted by Crippen LogP contribution is 2.09. The maximum Gasteiger partial charge on any atom is 0.184 e. The third-order valence-corrected chi connectivity index (χ3v) is 1.49. The van der Waals surface area contributed by atoms with Crippen LogP contribution in [0.25, 0.3) is 0 Å². The number of rotatable bonds is 1. The van der Waals surface area contributed by atoms with E-state index in [-0.39, 0.29) is 5.84 Å². The van der Waals surface area contributed by atoms with Gasteiger partial charge in [0.15, 0.2) is 5.84 Å². The molecule has 1 aliphatic heterocycles. The fourth-order valence-corrected chi connectivity index (χ4v) is 0.906. The van der Waals surface area contributed by atoms with Gasteiger partial charge >= 0.3 is 0 Å². The van der Waals surface area contributed by atoms with Crippen LogP contribution in [-0.2, 0) is 0 Å². The minimum Gasteiger partial charge on any atom is -0.409 e. The van der Waals surface area contributed by atoms with E-state index in [9.17, 15) is 0 Å². The highest BCUT2D eigenvalue weighted by atomic mass is 16.4. The first-order valence-corrected chi connectivity index (χ1v) is 3.43. The number of hydrogen-bond donors (Lipinski definition) is 2. The lowest BCUT2D eigenvalue weighted by molar-refractivity contribution is 0.319. The number of allylic oxidation sites excluding steroid dienone is 2. The Balaban J connectivity index is 2.89. The summed E-state index contributed by atoms with van der Waals surface area (Å²) in [5.74, 6) is -0.0177. The van der Waals surface area contributed by atoms with Gasteiger partial charge in [0.2, 0.25) is 0 Å². The Bertz CT molecular complexity index is 308. The van der Waals surface area contributed by atoms with Gasteiger partial charge in [-0.25, -0.2) is 4.99 Å². The van der Waals surface area contributed by atoms with Crippen LogP contribution in [-0.4, -0.2) is 16.8 Å². The van der Waals surface area contributed by atoms with Crippen molar-refractivity contribution in [3.8, 4) is 6.07 Å². The van der Waals surface area contributed by atoms with Crippen molar-refractivity contribution in [2.75, 3.05) is 0 Å². The largest absolute Gasteiger partial charge is 0.409 e. The normalized spacial score (nSPS) is 17.8. The second-order valence-electron chi connectivity index (χ2n) is 2.28. The first-order valence-electron chi connectivity index (χ1n) is 3.43. The van der Waals surface area contributed by atoms with Crippen molar-refractivity contribution in [3.63, 3.8) is 0 Å². The smallest absolute Gasteiger partial charge is 0.184 e. The summed E-state index contributed by atoms with van der Waals surface area (Å²) in [4.78, 5) is 3.87. The molecule has 0 saturated heterocycles. The molecule has 1 heterocycles. The fraction of sp³-hybridized carbons (Fsp3) is 0.286. The van der Waals surface area contributed by atoms with Crippen LogP contribution in [0.3, 0.4) is 0 Å². The average molecular weight is 164 g/mol. The van der Waals surface area contributed by atoms with E-state index in [0.717, 1.165) is 0 Å². The molecule has 0 radical (unpaired) electrons. The van der Waals surface area contributed by atoms with Crippen molar-refractivity contribution >= 4 is 11.5 Å². The molecule has 5 nitrogen and oxygen atoms in total. The lowest BCUT2D eigenvalue weighted by atomic mass is 10.1. The van der Waals surface area contributed by atoms with Crippen LogP contribution >= 0.6 is 0 Å². The number of nitriles is 1. The molecule has 0 aromatic carbocycles. The molecule has 0 saturated carbocycles. The van der Waals surface area contributed by atoms with E-state index in [0.29, 0.717) is 24.3 Å². The molecule has 0 fully saturated rings. The number of hydrogen-bond acceptors (Lipinski definition) is 4. The minimum atomic E-state index is -0.0177. The molecule has 1 aliphatic rings. The van der Waals surface area contributed by atoms with Gasteiger partial charge in [-0.2, -0.15) is 5.26 Å². The van der Waals surface area contributed by atoms with Gasteiger partial charge in [-0.15, -0.1) is 0 Å². The van der Waals surface area contributed by atoms with Gasteiger partial charge in [-0.05, 0) is 18.9 Å². The second kappa shape index (κ2) is 3.53. The van der Waals surface area contributed by atoms with E-state index < -0.39 is 0 Å². The maximum absolute atomic E-state index is 8.49. The summed E-state index contributed by atoms with van der Waals surface area (Å²) < 4.78 is 0. The highest BCUT2D eigenvalue weighted by molar-refractivity contribution is 6.41. The Kier molecular flexibility index (Phi) is 2.43. The molecule has 0 aliphatic carbocycles. The zero-order valence-corrected chi connectivity index (χ0v) is 6.36. The minimum absolute atomic E-state index is 0.0177. The monoisotopic (exact) mass is 164 g/mol. The van der Waals surface area contributed by atoms with Crippen molar-refractivity contribution < 1.29 is 5.21 Å². The predicted octanol–water partition coefficient (Wildman–Crippen LogP) is 0.375. The van der Waals surface area contributed by atoms with Crippen LogP contribution < -0.4 is 5.73 Å². The molecule has 0 spiro atoms. The maximum atomic E-state index is 8.49. The van der Waals surface area contributed by atoms with Gasteiger partial charge in [0, 0.05) is 0 Å². The number of oxime groups is 1. The summed E-state index contributed by atoms with van der Waals surface area (Å²) in [5.41, 5.74) is 6.09. The van der Waals surface area contributed by atoms with Crippen molar-refractivity contribution in [1.29, 1.82) is 5.26 Å². The molecule has 0 aromatic rings. The average Bonchev–Trinajstić information content (AvgIpc) is 2.17. The summed E-state index contributed by atoms with van der Waals surface area (Å²) in [7, 11) is 0. The molecule has 3 N–H and O–H groups in total. The molecule has 5 heteroatoms. The number of aliphatic imine (C=N–C) groups is 1. The third kappa shape index (κ3) is 1.61. The van der Waals surface area contributed by atoms with Gasteiger partial charge < -0.3 is 10.9 Å². The first-order chi connectivity index (χ1) is 5.77. The molecule has 0 atom stereocenters.